The zero-order valence-corrected chi connectivity index (χ0v) is 16.2. The van der Waals surface area contributed by atoms with Gasteiger partial charge in [-0.15, -0.1) is 0 Å². The van der Waals surface area contributed by atoms with Gasteiger partial charge in [-0.05, 0) is 42.5 Å². The van der Waals surface area contributed by atoms with Crippen LogP contribution in [0.1, 0.15) is 24.0 Å². The largest absolute Gasteiger partial charge is 0.325 e. The van der Waals surface area contributed by atoms with Crippen molar-refractivity contribution in [3.05, 3.63) is 53.6 Å². The van der Waals surface area contributed by atoms with Gasteiger partial charge in [0.1, 0.15) is 23.1 Å². The third-order valence-corrected chi connectivity index (χ3v) is 6.06. The minimum absolute atomic E-state index is 0.359. The Balaban J connectivity index is 1.39. The lowest BCUT2D eigenvalue weighted by molar-refractivity contribution is -0.134. The fourth-order valence-corrected chi connectivity index (χ4v) is 4.75. The molecule has 2 aromatic carbocycles. The van der Waals surface area contributed by atoms with Gasteiger partial charge >= 0.3 is 6.03 Å². The van der Waals surface area contributed by atoms with E-state index in [-0.39, 0.29) is 12.5 Å². The number of benzene rings is 2. The first-order chi connectivity index (χ1) is 14.1. The third kappa shape index (κ3) is 2.77. The lowest BCUT2D eigenvalue weighted by Crippen LogP contribution is -2.47. The molecule has 9 heteroatoms. The van der Waals surface area contributed by atoms with Crippen molar-refractivity contribution in [1.29, 1.82) is 0 Å². The second kappa shape index (κ2) is 6.63. The molecule has 1 unspecified atom stereocenters. The molecule has 0 bridgehead atoms. The lowest BCUT2D eigenvalue weighted by atomic mass is 9.76. The molecule has 3 aromatic rings. The summed E-state index contributed by atoms with van der Waals surface area (Å²) in [5, 5.41) is 5.60. The molecular weight excluding hydrogens is 390 g/mol. The van der Waals surface area contributed by atoms with E-state index in [1.54, 1.807) is 18.2 Å². The summed E-state index contributed by atoms with van der Waals surface area (Å²) in [6.07, 6.45) is 2.19. The number of rotatable bonds is 3. The lowest BCUT2D eigenvalue weighted by Gasteiger charge is -2.33. The molecule has 1 aliphatic heterocycles. The maximum Gasteiger partial charge on any atom is 0.325 e. The highest BCUT2D eigenvalue weighted by molar-refractivity contribution is 7.00. The van der Waals surface area contributed by atoms with Crippen LogP contribution in [0.4, 0.5) is 10.5 Å². The second-order valence-electron chi connectivity index (χ2n) is 7.22. The van der Waals surface area contributed by atoms with Gasteiger partial charge in [0.2, 0.25) is 5.91 Å². The Morgan fingerprint density at radius 2 is 2.03 bits per heavy atom. The van der Waals surface area contributed by atoms with Crippen molar-refractivity contribution in [2.45, 2.75) is 24.8 Å². The summed E-state index contributed by atoms with van der Waals surface area (Å²) in [6, 6.07) is 12.4. The van der Waals surface area contributed by atoms with Crippen LogP contribution in [0.3, 0.4) is 0 Å². The van der Waals surface area contributed by atoms with Crippen LogP contribution in [0.15, 0.2) is 42.5 Å². The molecular formula is C20H17N5O3S. The van der Waals surface area contributed by atoms with Crippen LogP contribution in [0, 0.1) is 0 Å². The van der Waals surface area contributed by atoms with Gasteiger partial charge in [-0.1, -0.05) is 30.3 Å². The summed E-state index contributed by atoms with van der Waals surface area (Å²) >= 11 is 1.06. The molecule has 5 rings (SSSR count). The van der Waals surface area contributed by atoms with Gasteiger partial charge in [0.25, 0.3) is 5.91 Å². The molecule has 29 heavy (non-hydrogen) atoms. The van der Waals surface area contributed by atoms with E-state index in [1.165, 1.54) is 0 Å². The van der Waals surface area contributed by atoms with E-state index in [1.807, 2.05) is 24.3 Å². The molecule has 1 fully saturated rings. The number of hydrogen-bond acceptors (Lipinski definition) is 6. The quantitative estimate of drug-likeness (QED) is 0.649. The van der Waals surface area contributed by atoms with Crippen molar-refractivity contribution in [2.75, 3.05) is 11.9 Å². The average Bonchev–Trinajstić information content (AvgIpc) is 3.29. The van der Waals surface area contributed by atoms with Gasteiger partial charge in [-0.25, -0.2) is 4.79 Å². The van der Waals surface area contributed by atoms with Crippen molar-refractivity contribution in [2.24, 2.45) is 0 Å². The molecule has 1 aromatic heterocycles. The first-order valence-corrected chi connectivity index (χ1v) is 10.1. The number of imide groups is 1. The molecule has 4 amide bonds. The van der Waals surface area contributed by atoms with Crippen LogP contribution >= 0.6 is 11.7 Å². The van der Waals surface area contributed by atoms with Crippen molar-refractivity contribution in [3.8, 4) is 0 Å². The van der Waals surface area contributed by atoms with Crippen molar-refractivity contribution >= 4 is 46.3 Å². The molecule has 8 nitrogen and oxygen atoms in total. The van der Waals surface area contributed by atoms with Crippen LogP contribution in [0.25, 0.3) is 11.0 Å². The number of nitrogens with one attached hydrogen (secondary N) is 2. The van der Waals surface area contributed by atoms with E-state index in [4.69, 9.17) is 0 Å². The Bertz CT molecular complexity index is 1160. The molecule has 1 spiro atoms. The summed E-state index contributed by atoms with van der Waals surface area (Å²) in [7, 11) is 0. The van der Waals surface area contributed by atoms with E-state index in [2.05, 4.69) is 19.4 Å². The number of carbonyl (C=O) groups is 3. The first-order valence-electron chi connectivity index (χ1n) is 9.32. The SMILES string of the molecule is O=C(CN1C(=O)NC2(CCCc3ccccc32)C1=O)Nc1cccc2nsnc12. The molecule has 2 heterocycles. The van der Waals surface area contributed by atoms with Crippen LogP contribution in [0.5, 0.6) is 0 Å². The number of amides is 4. The molecule has 0 radical (unpaired) electrons. The van der Waals surface area contributed by atoms with Crippen LogP contribution in [-0.4, -0.2) is 38.0 Å². The Kier molecular flexibility index (Phi) is 4.06. The molecule has 146 valence electrons. The summed E-state index contributed by atoms with van der Waals surface area (Å²) < 4.78 is 8.33. The molecule has 2 aliphatic rings. The van der Waals surface area contributed by atoms with Gasteiger partial charge in [0.15, 0.2) is 0 Å². The summed E-state index contributed by atoms with van der Waals surface area (Å²) in [5.74, 6) is -0.839. The number of urea groups is 1. The van der Waals surface area contributed by atoms with E-state index in [0.717, 1.165) is 40.6 Å². The molecule has 1 saturated heterocycles. The normalized spacial score (nSPS) is 20.8. The predicted octanol–water partition coefficient (Wildman–Crippen LogP) is 2.41. The highest BCUT2D eigenvalue weighted by Crippen LogP contribution is 2.39. The zero-order valence-electron chi connectivity index (χ0n) is 15.3. The number of anilines is 1. The van der Waals surface area contributed by atoms with Crippen molar-refractivity contribution < 1.29 is 14.4 Å². The number of aryl methyl sites for hydroxylation is 1. The summed E-state index contributed by atoms with van der Waals surface area (Å²) in [4.78, 5) is 39.5. The standard InChI is InChI=1S/C20H17N5O3S/c26-16(21-14-8-3-9-15-17(14)24-29-23-15)11-25-18(27)20(22-19(25)28)10-4-6-12-5-1-2-7-13(12)20/h1-3,5,7-9H,4,6,10-11H2,(H,21,26)(H,22,28). The molecule has 1 atom stereocenters. The highest BCUT2D eigenvalue weighted by Gasteiger charge is 2.54. The monoisotopic (exact) mass is 407 g/mol. The summed E-state index contributed by atoms with van der Waals surface area (Å²) in [6.45, 7) is -0.359. The molecule has 1 aliphatic carbocycles. The predicted molar refractivity (Wildman–Crippen MR) is 107 cm³/mol. The first kappa shape index (κ1) is 17.7. The van der Waals surface area contributed by atoms with E-state index >= 15 is 0 Å². The maximum atomic E-state index is 13.3. The maximum absolute atomic E-state index is 13.3. The van der Waals surface area contributed by atoms with Gasteiger partial charge in [0.05, 0.1) is 17.4 Å². The number of fused-ring (bicyclic) bond motifs is 3. The Labute approximate surface area is 170 Å². The number of carbonyl (C=O) groups excluding carboxylic acids is 3. The second-order valence-corrected chi connectivity index (χ2v) is 7.75. The molecule has 2 N–H and O–H groups in total. The number of aromatic nitrogens is 2. The third-order valence-electron chi connectivity index (χ3n) is 5.51. The van der Waals surface area contributed by atoms with Gasteiger partial charge in [-0.2, -0.15) is 8.75 Å². The summed E-state index contributed by atoms with van der Waals surface area (Å²) in [5.41, 5.74) is 2.57. The molecule has 0 saturated carbocycles. The van der Waals surface area contributed by atoms with Crippen LogP contribution < -0.4 is 10.6 Å². The zero-order chi connectivity index (χ0) is 20.0. The van der Waals surface area contributed by atoms with E-state index in [0.29, 0.717) is 23.1 Å². The Morgan fingerprint density at radius 1 is 1.17 bits per heavy atom. The van der Waals surface area contributed by atoms with E-state index in [9.17, 15) is 14.4 Å². The highest BCUT2D eigenvalue weighted by atomic mass is 32.1. The number of nitrogens with zero attached hydrogens (tertiary/aromatic N) is 3. The van der Waals surface area contributed by atoms with Gasteiger partial charge in [0, 0.05) is 0 Å². The van der Waals surface area contributed by atoms with Crippen molar-refractivity contribution in [1.82, 2.24) is 19.0 Å². The minimum Gasteiger partial charge on any atom is -0.323 e. The van der Waals surface area contributed by atoms with Crippen LogP contribution in [-0.2, 0) is 21.5 Å². The topological polar surface area (TPSA) is 104 Å². The van der Waals surface area contributed by atoms with E-state index < -0.39 is 17.5 Å². The van der Waals surface area contributed by atoms with Crippen LogP contribution in [0.2, 0.25) is 0 Å². The Hall–Kier alpha value is -3.33. The van der Waals surface area contributed by atoms with Crippen molar-refractivity contribution in [3.63, 3.8) is 0 Å². The fourth-order valence-electron chi connectivity index (χ4n) is 4.20. The average molecular weight is 407 g/mol. The Morgan fingerprint density at radius 3 is 2.93 bits per heavy atom. The minimum atomic E-state index is -1.08. The van der Waals surface area contributed by atoms with Gasteiger partial charge < -0.3 is 10.6 Å². The smallest absolute Gasteiger partial charge is 0.323 e. The fraction of sp³-hybridized carbons (Fsp3) is 0.250. The van der Waals surface area contributed by atoms with Gasteiger partial charge in [-0.3, -0.25) is 14.5 Å². The number of hydrogen-bond donors (Lipinski definition) is 2.